The van der Waals surface area contributed by atoms with E-state index in [2.05, 4.69) is 62.8 Å². The highest BCUT2D eigenvalue weighted by molar-refractivity contribution is 14.0. The molecule has 0 fully saturated rings. The fourth-order valence-electron chi connectivity index (χ4n) is 2.49. The number of pyridine rings is 1. The van der Waals surface area contributed by atoms with Gasteiger partial charge >= 0.3 is 0 Å². The fraction of sp³-hybridized carbons (Fsp3) is 0.250. The van der Waals surface area contributed by atoms with E-state index in [4.69, 9.17) is 0 Å². The number of aliphatic imine (C=N–C) groups is 1. The molecule has 0 saturated heterocycles. The molecule has 0 aliphatic rings. The van der Waals surface area contributed by atoms with Crippen LogP contribution in [0, 0.1) is 0 Å². The Hall–Kier alpha value is -2.07. The standard InChI is InChI=1S/C20H24N6S.HI/c1-16(27-18-6-4-3-5-7-18)12-24-20(21-2)25-14-17-8-9-19(23-13-17)26-11-10-22-15-26;/h3-11,13,15-16H,12,14H2,1-2H3,(H2,21,24,25);1H. The summed E-state index contributed by atoms with van der Waals surface area (Å²) in [6.45, 7) is 3.70. The Bertz CT molecular complexity index is 837. The molecule has 2 heterocycles. The SMILES string of the molecule is CN=C(NCc1ccc(-n2ccnc2)nc1)NCC(C)Sc1ccccc1.I. The van der Waals surface area contributed by atoms with Gasteiger partial charge < -0.3 is 10.6 Å². The van der Waals surface area contributed by atoms with Crippen molar-refractivity contribution in [3.8, 4) is 5.82 Å². The van der Waals surface area contributed by atoms with Crippen LogP contribution in [-0.2, 0) is 6.54 Å². The Morgan fingerprint density at radius 3 is 2.64 bits per heavy atom. The maximum absolute atomic E-state index is 4.47. The molecule has 3 rings (SSSR count). The molecule has 2 aromatic heterocycles. The molecule has 6 nitrogen and oxygen atoms in total. The van der Waals surface area contributed by atoms with Crippen molar-refractivity contribution in [3.63, 3.8) is 0 Å². The van der Waals surface area contributed by atoms with E-state index in [0.29, 0.717) is 11.8 Å². The van der Waals surface area contributed by atoms with Crippen LogP contribution >= 0.6 is 35.7 Å². The van der Waals surface area contributed by atoms with Crippen LogP contribution in [-0.4, -0.2) is 39.3 Å². The molecule has 8 heteroatoms. The van der Waals surface area contributed by atoms with Crippen molar-refractivity contribution >= 4 is 41.7 Å². The van der Waals surface area contributed by atoms with E-state index in [0.717, 1.165) is 23.9 Å². The van der Waals surface area contributed by atoms with Gasteiger partial charge in [0.1, 0.15) is 12.1 Å². The van der Waals surface area contributed by atoms with Crippen LogP contribution in [0.1, 0.15) is 12.5 Å². The average molecular weight is 508 g/mol. The highest BCUT2D eigenvalue weighted by Gasteiger charge is 2.06. The number of rotatable bonds is 7. The second-order valence-electron chi connectivity index (χ2n) is 6.04. The highest BCUT2D eigenvalue weighted by Crippen LogP contribution is 2.21. The summed E-state index contributed by atoms with van der Waals surface area (Å²) in [6.07, 6.45) is 7.22. The molecule has 3 aromatic rings. The molecule has 1 aromatic carbocycles. The summed E-state index contributed by atoms with van der Waals surface area (Å²) in [4.78, 5) is 14.1. The largest absolute Gasteiger partial charge is 0.355 e. The van der Waals surface area contributed by atoms with Gasteiger partial charge in [-0.05, 0) is 23.8 Å². The Kier molecular flexibility index (Phi) is 9.29. The first-order valence-electron chi connectivity index (χ1n) is 8.84. The normalized spacial score (nSPS) is 12.1. The van der Waals surface area contributed by atoms with Crippen LogP contribution < -0.4 is 10.6 Å². The van der Waals surface area contributed by atoms with E-state index >= 15 is 0 Å². The number of nitrogens with one attached hydrogen (secondary N) is 2. The van der Waals surface area contributed by atoms with Crippen LogP contribution in [0.15, 0.2) is 77.3 Å². The van der Waals surface area contributed by atoms with Crippen molar-refractivity contribution in [1.82, 2.24) is 25.2 Å². The molecule has 0 amide bonds. The van der Waals surface area contributed by atoms with Gasteiger partial charge in [-0.3, -0.25) is 9.56 Å². The summed E-state index contributed by atoms with van der Waals surface area (Å²) in [5.74, 6) is 1.64. The van der Waals surface area contributed by atoms with E-state index in [9.17, 15) is 0 Å². The fourth-order valence-corrected chi connectivity index (χ4v) is 3.43. The Balaban J connectivity index is 0.00000280. The van der Waals surface area contributed by atoms with Crippen LogP contribution in [0.25, 0.3) is 5.82 Å². The molecule has 148 valence electrons. The summed E-state index contributed by atoms with van der Waals surface area (Å²) < 4.78 is 1.88. The zero-order chi connectivity index (χ0) is 18.9. The van der Waals surface area contributed by atoms with Gasteiger partial charge in [0, 0.05) is 48.9 Å². The number of hydrogen-bond donors (Lipinski definition) is 2. The molecule has 1 atom stereocenters. The highest BCUT2D eigenvalue weighted by atomic mass is 127. The quantitative estimate of drug-likeness (QED) is 0.220. The molecule has 28 heavy (non-hydrogen) atoms. The monoisotopic (exact) mass is 508 g/mol. The zero-order valence-corrected chi connectivity index (χ0v) is 19.1. The van der Waals surface area contributed by atoms with Crippen molar-refractivity contribution in [2.45, 2.75) is 23.6 Å². The number of aromatic nitrogens is 3. The zero-order valence-electron chi connectivity index (χ0n) is 15.9. The van der Waals surface area contributed by atoms with Gasteiger partial charge in [0.15, 0.2) is 5.96 Å². The molecule has 1 unspecified atom stereocenters. The number of benzene rings is 1. The van der Waals surface area contributed by atoms with Gasteiger partial charge in [0.05, 0.1) is 0 Å². The molecular formula is C20H25IN6S. The second-order valence-corrected chi connectivity index (χ2v) is 7.55. The van der Waals surface area contributed by atoms with Crippen molar-refractivity contribution in [2.75, 3.05) is 13.6 Å². The average Bonchev–Trinajstić information content (AvgIpc) is 3.24. The summed E-state index contributed by atoms with van der Waals surface area (Å²) >= 11 is 1.85. The smallest absolute Gasteiger partial charge is 0.191 e. The number of thioether (sulfide) groups is 1. The molecule has 0 aliphatic carbocycles. The third-order valence-corrected chi connectivity index (χ3v) is 5.01. The van der Waals surface area contributed by atoms with Crippen LogP contribution in [0.5, 0.6) is 0 Å². The summed E-state index contributed by atoms with van der Waals surface area (Å²) in [6, 6.07) is 14.5. The van der Waals surface area contributed by atoms with Crippen LogP contribution in [0.3, 0.4) is 0 Å². The topological polar surface area (TPSA) is 67.1 Å². The number of guanidine groups is 1. The van der Waals surface area contributed by atoms with Crippen molar-refractivity contribution in [1.29, 1.82) is 0 Å². The number of imidazole rings is 1. The minimum absolute atomic E-state index is 0. The van der Waals surface area contributed by atoms with E-state index < -0.39 is 0 Å². The molecule has 0 saturated carbocycles. The van der Waals surface area contributed by atoms with Gasteiger partial charge in [0.2, 0.25) is 0 Å². The lowest BCUT2D eigenvalue weighted by atomic mass is 10.3. The van der Waals surface area contributed by atoms with Crippen LogP contribution in [0.2, 0.25) is 0 Å². The predicted octanol–water partition coefficient (Wildman–Crippen LogP) is 3.73. The number of nitrogens with zero attached hydrogens (tertiary/aromatic N) is 4. The summed E-state index contributed by atoms with van der Waals surface area (Å²) in [5.41, 5.74) is 1.09. The summed E-state index contributed by atoms with van der Waals surface area (Å²) in [7, 11) is 1.78. The van der Waals surface area contributed by atoms with Crippen molar-refractivity contribution < 1.29 is 0 Å². The maximum Gasteiger partial charge on any atom is 0.191 e. The minimum atomic E-state index is 0. The van der Waals surface area contributed by atoms with Gasteiger partial charge in [0.25, 0.3) is 0 Å². The van der Waals surface area contributed by atoms with Gasteiger partial charge in [-0.1, -0.05) is 31.2 Å². The second kappa shape index (κ2) is 11.7. The minimum Gasteiger partial charge on any atom is -0.355 e. The first-order chi connectivity index (χ1) is 13.2. The van der Waals surface area contributed by atoms with Gasteiger partial charge in [-0.2, -0.15) is 0 Å². The molecule has 0 spiro atoms. The molecular weight excluding hydrogens is 483 g/mol. The number of halogens is 1. The van der Waals surface area contributed by atoms with Gasteiger partial charge in [-0.25, -0.2) is 9.97 Å². The Morgan fingerprint density at radius 2 is 2.00 bits per heavy atom. The van der Waals surface area contributed by atoms with E-state index in [1.54, 1.807) is 19.6 Å². The van der Waals surface area contributed by atoms with Crippen molar-refractivity contribution in [3.05, 3.63) is 72.9 Å². The van der Waals surface area contributed by atoms with E-state index in [1.165, 1.54) is 4.90 Å². The lowest BCUT2D eigenvalue weighted by Gasteiger charge is -2.16. The lowest BCUT2D eigenvalue weighted by Crippen LogP contribution is -2.39. The van der Waals surface area contributed by atoms with Crippen molar-refractivity contribution in [2.24, 2.45) is 4.99 Å². The van der Waals surface area contributed by atoms with Gasteiger partial charge in [-0.15, -0.1) is 35.7 Å². The summed E-state index contributed by atoms with van der Waals surface area (Å²) in [5, 5.41) is 7.14. The number of hydrogen-bond acceptors (Lipinski definition) is 4. The predicted molar refractivity (Wildman–Crippen MR) is 127 cm³/mol. The van der Waals surface area contributed by atoms with E-state index in [-0.39, 0.29) is 24.0 Å². The maximum atomic E-state index is 4.47. The molecule has 2 N–H and O–H groups in total. The third kappa shape index (κ3) is 6.83. The first-order valence-corrected chi connectivity index (χ1v) is 9.72. The Labute approximate surface area is 187 Å². The first kappa shape index (κ1) is 22.2. The van der Waals surface area contributed by atoms with E-state index in [1.807, 2.05) is 40.9 Å². The third-order valence-electron chi connectivity index (χ3n) is 3.90. The molecule has 0 aliphatic heterocycles. The lowest BCUT2D eigenvalue weighted by molar-refractivity contribution is 0.788. The van der Waals surface area contributed by atoms with Crippen LogP contribution in [0.4, 0.5) is 0 Å². The molecule has 0 bridgehead atoms. The Morgan fingerprint density at radius 1 is 1.18 bits per heavy atom. The molecule has 0 radical (unpaired) electrons.